The van der Waals surface area contributed by atoms with Gasteiger partial charge >= 0.3 is 0 Å². The molecule has 1 aromatic carbocycles. The third-order valence-corrected chi connectivity index (χ3v) is 2.85. The van der Waals surface area contributed by atoms with Crippen molar-refractivity contribution in [2.45, 2.75) is 27.7 Å². The second-order valence-electron chi connectivity index (χ2n) is 6.01. The summed E-state index contributed by atoms with van der Waals surface area (Å²) in [5, 5.41) is 8.85. The zero-order valence-electron chi connectivity index (χ0n) is 13.3. The van der Waals surface area contributed by atoms with E-state index in [1.165, 1.54) is 0 Å². The van der Waals surface area contributed by atoms with Gasteiger partial charge in [-0.3, -0.25) is 4.79 Å². The molecular formula is C17H24N2O2. The maximum atomic E-state index is 12.3. The molecule has 0 radical (unpaired) electrons. The maximum absolute atomic E-state index is 12.3. The van der Waals surface area contributed by atoms with Crippen molar-refractivity contribution in [3.63, 3.8) is 0 Å². The number of benzene rings is 1. The highest BCUT2D eigenvalue weighted by atomic mass is 16.5. The van der Waals surface area contributed by atoms with Gasteiger partial charge in [0.2, 0.25) is 0 Å². The molecule has 0 saturated carbocycles. The van der Waals surface area contributed by atoms with Crippen molar-refractivity contribution >= 4 is 5.91 Å². The molecule has 1 aromatic rings. The van der Waals surface area contributed by atoms with Gasteiger partial charge in [-0.15, -0.1) is 0 Å². The Morgan fingerprint density at radius 1 is 1.24 bits per heavy atom. The van der Waals surface area contributed by atoms with Gasteiger partial charge in [0.1, 0.15) is 5.75 Å². The van der Waals surface area contributed by atoms with Gasteiger partial charge < -0.3 is 9.64 Å². The molecule has 0 atom stereocenters. The lowest BCUT2D eigenvalue weighted by molar-refractivity contribution is -0.134. The Morgan fingerprint density at radius 2 is 1.86 bits per heavy atom. The summed E-state index contributed by atoms with van der Waals surface area (Å²) >= 11 is 0. The zero-order chi connectivity index (χ0) is 15.8. The van der Waals surface area contributed by atoms with E-state index in [4.69, 9.17) is 10.00 Å². The first-order chi connectivity index (χ1) is 9.92. The SMILES string of the molecule is CC(C)CN(CC(C)C)C(=O)COc1cccc(C#N)c1. The quantitative estimate of drug-likeness (QED) is 0.774. The lowest BCUT2D eigenvalue weighted by Crippen LogP contribution is -2.39. The van der Waals surface area contributed by atoms with Crippen LogP contribution in [0.2, 0.25) is 0 Å². The molecule has 114 valence electrons. The van der Waals surface area contributed by atoms with Crippen LogP contribution >= 0.6 is 0 Å². The van der Waals surface area contributed by atoms with Crippen molar-refractivity contribution in [2.75, 3.05) is 19.7 Å². The number of nitrogens with zero attached hydrogens (tertiary/aromatic N) is 2. The molecular weight excluding hydrogens is 264 g/mol. The second kappa shape index (κ2) is 8.31. The summed E-state index contributed by atoms with van der Waals surface area (Å²) < 4.78 is 5.51. The van der Waals surface area contributed by atoms with E-state index in [9.17, 15) is 4.79 Å². The van der Waals surface area contributed by atoms with Gasteiger partial charge in [0.05, 0.1) is 11.6 Å². The number of hydrogen-bond acceptors (Lipinski definition) is 3. The molecule has 0 bridgehead atoms. The number of carbonyl (C=O) groups excluding carboxylic acids is 1. The highest BCUT2D eigenvalue weighted by Crippen LogP contribution is 2.13. The number of hydrogen-bond donors (Lipinski definition) is 0. The van der Waals surface area contributed by atoms with Crippen LogP contribution in [0.15, 0.2) is 24.3 Å². The van der Waals surface area contributed by atoms with Crippen LogP contribution in [-0.4, -0.2) is 30.5 Å². The normalized spacial score (nSPS) is 10.5. The molecule has 21 heavy (non-hydrogen) atoms. The second-order valence-corrected chi connectivity index (χ2v) is 6.01. The third kappa shape index (κ3) is 6.31. The first-order valence-corrected chi connectivity index (χ1v) is 7.33. The summed E-state index contributed by atoms with van der Waals surface area (Å²) in [6.07, 6.45) is 0. The molecule has 0 spiro atoms. The minimum atomic E-state index is -0.0141. The fourth-order valence-corrected chi connectivity index (χ4v) is 2.05. The van der Waals surface area contributed by atoms with E-state index in [0.29, 0.717) is 23.1 Å². The van der Waals surface area contributed by atoms with E-state index in [1.807, 2.05) is 4.90 Å². The predicted octanol–water partition coefficient (Wildman–Crippen LogP) is 3.08. The number of rotatable bonds is 7. The van der Waals surface area contributed by atoms with Crippen LogP contribution in [0.1, 0.15) is 33.3 Å². The Kier molecular flexibility index (Phi) is 6.74. The highest BCUT2D eigenvalue weighted by molar-refractivity contribution is 5.77. The van der Waals surface area contributed by atoms with Gasteiger partial charge in [-0.05, 0) is 30.0 Å². The molecule has 0 heterocycles. The minimum absolute atomic E-state index is 0.00826. The summed E-state index contributed by atoms with van der Waals surface area (Å²) in [4.78, 5) is 14.1. The van der Waals surface area contributed by atoms with Gasteiger partial charge in [0.25, 0.3) is 5.91 Å². The largest absolute Gasteiger partial charge is 0.484 e. The minimum Gasteiger partial charge on any atom is -0.484 e. The summed E-state index contributed by atoms with van der Waals surface area (Å²) in [6.45, 7) is 9.86. The van der Waals surface area contributed by atoms with Gasteiger partial charge in [0.15, 0.2) is 6.61 Å². The summed E-state index contributed by atoms with van der Waals surface area (Å²) in [5.41, 5.74) is 0.529. The summed E-state index contributed by atoms with van der Waals surface area (Å²) in [7, 11) is 0. The van der Waals surface area contributed by atoms with Crippen LogP contribution in [0.4, 0.5) is 0 Å². The molecule has 0 aliphatic heterocycles. The number of carbonyl (C=O) groups is 1. The molecule has 0 aromatic heterocycles. The van der Waals surface area contributed by atoms with Crippen LogP contribution < -0.4 is 4.74 Å². The van der Waals surface area contributed by atoms with E-state index < -0.39 is 0 Å². The monoisotopic (exact) mass is 288 g/mol. The van der Waals surface area contributed by atoms with Crippen molar-refractivity contribution in [3.05, 3.63) is 29.8 Å². The van der Waals surface area contributed by atoms with E-state index in [-0.39, 0.29) is 12.5 Å². The van der Waals surface area contributed by atoms with Crippen molar-refractivity contribution in [2.24, 2.45) is 11.8 Å². The van der Waals surface area contributed by atoms with E-state index in [1.54, 1.807) is 24.3 Å². The molecule has 4 heteroatoms. The summed E-state index contributed by atoms with van der Waals surface area (Å²) in [6, 6.07) is 8.90. The van der Waals surface area contributed by atoms with Gasteiger partial charge in [-0.25, -0.2) is 0 Å². The predicted molar refractivity (Wildman–Crippen MR) is 82.9 cm³/mol. The zero-order valence-corrected chi connectivity index (χ0v) is 13.3. The van der Waals surface area contributed by atoms with Crippen LogP contribution in [0.25, 0.3) is 0 Å². The van der Waals surface area contributed by atoms with Crippen molar-refractivity contribution in [3.8, 4) is 11.8 Å². The Bertz CT molecular complexity index is 494. The van der Waals surface area contributed by atoms with Crippen LogP contribution in [0.3, 0.4) is 0 Å². The first-order valence-electron chi connectivity index (χ1n) is 7.33. The average molecular weight is 288 g/mol. The standard InChI is InChI=1S/C17H24N2O2/c1-13(2)10-19(11-14(3)4)17(20)12-21-16-7-5-6-15(8-16)9-18/h5-8,13-14H,10-12H2,1-4H3. The van der Waals surface area contributed by atoms with E-state index in [2.05, 4.69) is 33.8 Å². The maximum Gasteiger partial charge on any atom is 0.260 e. The molecule has 0 aliphatic carbocycles. The summed E-state index contributed by atoms with van der Waals surface area (Å²) in [5.74, 6) is 1.39. The van der Waals surface area contributed by atoms with E-state index in [0.717, 1.165) is 13.1 Å². The molecule has 0 unspecified atom stereocenters. The lowest BCUT2D eigenvalue weighted by Gasteiger charge is -2.26. The first kappa shape index (κ1) is 17.0. The topological polar surface area (TPSA) is 53.3 Å². The Labute approximate surface area is 127 Å². The van der Waals surface area contributed by atoms with Gasteiger partial charge in [0, 0.05) is 13.1 Å². The van der Waals surface area contributed by atoms with E-state index >= 15 is 0 Å². The number of ether oxygens (including phenoxy) is 1. The molecule has 0 aliphatic rings. The molecule has 1 amide bonds. The Balaban J connectivity index is 2.62. The van der Waals surface area contributed by atoms with Gasteiger partial charge in [-0.1, -0.05) is 33.8 Å². The fraction of sp³-hybridized carbons (Fsp3) is 0.529. The molecule has 0 fully saturated rings. The van der Waals surface area contributed by atoms with Crippen molar-refractivity contribution < 1.29 is 9.53 Å². The Morgan fingerprint density at radius 3 is 2.38 bits per heavy atom. The Hall–Kier alpha value is -2.02. The molecule has 1 rings (SSSR count). The fourth-order valence-electron chi connectivity index (χ4n) is 2.05. The number of nitriles is 1. The molecule has 0 N–H and O–H groups in total. The molecule has 4 nitrogen and oxygen atoms in total. The van der Waals surface area contributed by atoms with Gasteiger partial charge in [-0.2, -0.15) is 5.26 Å². The van der Waals surface area contributed by atoms with Crippen LogP contribution in [-0.2, 0) is 4.79 Å². The lowest BCUT2D eigenvalue weighted by atomic mass is 10.1. The smallest absolute Gasteiger partial charge is 0.260 e. The average Bonchev–Trinajstić information content (AvgIpc) is 2.43. The highest BCUT2D eigenvalue weighted by Gasteiger charge is 2.16. The van der Waals surface area contributed by atoms with Crippen LogP contribution in [0.5, 0.6) is 5.75 Å². The van der Waals surface area contributed by atoms with Crippen LogP contribution in [0, 0.1) is 23.2 Å². The number of amides is 1. The van der Waals surface area contributed by atoms with Crippen molar-refractivity contribution in [1.82, 2.24) is 4.90 Å². The molecule has 0 saturated heterocycles. The van der Waals surface area contributed by atoms with Crippen molar-refractivity contribution in [1.29, 1.82) is 5.26 Å². The third-order valence-electron chi connectivity index (χ3n) is 2.85.